The van der Waals surface area contributed by atoms with Crippen molar-refractivity contribution in [2.75, 3.05) is 6.61 Å². The van der Waals surface area contributed by atoms with E-state index in [1.807, 2.05) is 39.8 Å². The second kappa shape index (κ2) is 7.42. The van der Waals surface area contributed by atoms with E-state index in [-0.39, 0.29) is 10.8 Å². The molecule has 1 aromatic carbocycles. The van der Waals surface area contributed by atoms with Crippen molar-refractivity contribution in [3.05, 3.63) is 29.3 Å². The highest BCUT2D eigenvalue weighted by Crippen LogP contribution is 2.25. The van der Waals surface area contributed by atoms with Crippen molar-refractivity contribution in [1.29, 1.82) is 0 Å². The van der Waals surface area contributed by atoms with Gasteiger partial charge < -0.3 is 9.29 Å². The molecule has 0 aliphatic carbocycles. The Morgan fingerprint density at radius 1 is 1.33 bits per heavy atom. The summed E-state index contributed by atoms with van der Waals surface area (Å²) in [5.74, 6) is 0.433. The lowest BCUT2D eigenvalue weighted by Crippen LogP contribution is -2.40. The van der Waals surface area contributed by atoms with Gasteiger partial charge in [0.25, 0.3) is 6.43 Å². The van der Waals surface area contributed by atoms with Crippen LogP contribution in [0.4, 0.5) is 8.78 Å². The van der Waals surface area contributed by atoms with Gasteiger partial charge in [-0.25, -0.2) is 8.78 Å². The van der Waals surface area contributed by atoms with Gasteiger partial charge in [-0.3, -0.25) is 0 Å². The predicted octanol–water partition coefficient (Wildman–Crippen LogP) is 3.75. The molecule has 0 aliphatic rings. The van der Waals surface area contributed by atoms with Gasteiger partial charge in [-0.15, -0.1) is 4.72 Å². The molecule has 1 rings (SSSR count). The van der Waals surface area contributed by atoms with Gasteiger partial charge in [-0.2, -0.15) is 0 Å². The second-order valence-electron chi connectivity index (χ2n) is 5.95. The minimum absolute atomic E-state index is 0.167. The Balaban J connectivity index is 2.81. The lowest BCUT2D eigenvalue weighted by atomic mass is 10.1. The largest absolute Gasteiger partial charge is 0.598 e. The molecule has 0 radical (unpaired) electrons. The third kappa shape index (κ3) is 5.80. The molecule has 0 amide bonds. The molecule has 0 unspecified atom stereocenters. The Morgan fingerprint density at radius 3 is 2.48 bits per heavy atom. The summed E-state index contributed by atoms with van der Waals surface area (Å²) in [6.45, 7) is 8.71. The fourth-order valence-electron chi connectivity index (χ4n) is 1.60. The molecule has 0 fully saturated rings. The first-order chi connectivity index (χ1) is 9.61. The fourth-order valence-corrected chi connectivity index (χ4v) is 2.41. The molecule has 3 nitrogen and oxygen atoms in total. The van der Waals surface area contributed by atoms with Crippen molar-refractivity contribution in [1.82, 2.24) is 4.72 Å². The summed E-state index contributed by atoms with van der Waals surface area (Å²) in [5.41, 5.74) is 1.64. The van der Waals surface area contributed by atoms with Gasteiger partial charge in [-0.1, -0.05) is 12.1 Å². The Bertz CT molecular complexity index is 463. The zero-order valence-electron chi connectivity index (χ0n) is 13.1. The first kappa shape index (κ1) is 18.2. The van der Waals surface area contributed by atoms with E-state index in [4.69, 9.17) is 4.74 Å². The molecule has 0 heterocycles. The summed E-state index contributed by atoms with van der Waals surface area (Å²) in [4.78, 5) is 0. The van der Waals surface area contributed by atoms with E-state index in [1.54, 1.807) is 13.0 Å². The van der Waals surface area contributed by atoms with Crippen LogP contribution >= 0.6 is 0 Å². The third-order valence-corrected chi connectivity index (χ3v) is 4.60. The van der Waals surface area contributed by atoms with Crippen LogP contribution in [0.15, 0.2) is 18.2 Å². The summed E-state index contributed by atoms with van der Waals surface area (Å²) >= 11 is -1.20. The third-order valence-electron chi connectivity index (χ3n) is 2.92. The number of hydrogen-bond acceptors (Lipinski definition) is 3. The van der Waals surface area contributed by atoms with E-state index in [2.05, 4.69) is 4.72 Å². The molecule has 1 aromatic rings. The van der Waals surface area contributed by atoms with E-state index < -0.39 is 24.4 Å². The van der Waals surface area contributed by atoms with Crippen molar-refractivity contribution in [2.45, 2.75) is 51.8 Å². The summed E-state index contributed by atoms with van der Waals surface area (Å²) in [6, 6.07) is 5.24. The fraction of sp³-hybridized carbons (Fsp3) is 0.600. The van der Waals surface area contributed by atoms with Crippen LogP contribution in [0.1, 0.15) is 44.9 Å². The van der Waals surface area contributed by atoms with E-state index in [1.165, 1.54) is 0 Å². The average Bonchev–Trinajstić information content (AvgIpc) is 2.36. The molecule has 1 N–H and O–H groups in total. The number of halogens is 2. The predicted molar refractivity (Wildman–Crippen MR) is 82.1 cm³/mol. The number of alkyl halides is 2. The highest BCUT2D eigenvalue weighted by Gasteiger charge is 2.28. The number of aryl methyl sites for hydroxylation is 1. The van der Waals surface area contributed by atoms with Gasteiger partial charge in [0.2, 0.25) is 0 Å². The van der Waals surface area contributed by atoms with Gasteiger partial charge in [0, 0.05) is 11.4 Å². The standard InChI is InChI=1S/C15H23F2NO2S/c1-10-6-7-12(8-13(10)20-9-14(16)17)11(2)18-21(19)15(3,4)5/h6-8,11,14,18H,9H2,1-5H3/t11-,21-/m1/s1. The lowest BCUT2D eigenvalue weighted by Gasteiger charge is -2.26. The van der Waals surface area contributed by atoms with Crippen LogP contribution in [-0.2, 0) is 11.4 Å². The maximum Gasteiger partial charge on any atom is 0.272 e. The number of benzene rings is 1. The van der Waals surface area contributed by atoms with Crippen LogP contribution in [0.5, 0.6) is 5.75 Å². The molecule has 0 saturated heterocycles. The highest BCUT2D eigenvalue weighted by molar-refractivity contribution is 7.90. The molecule has 0 saturated carbocycles. The molecule has 21 heavy (non-hydrogen) atoms. The van der Waals surface area contributed by atoms with Crippen molar-refractivity contribution < 1.29 is 18.1 Å². The summed E-state index contributed by atoms with van der Waals surface area (Å²) in [5, 5.41) is 0. The number of hydrogen-bond donors (Lipinski definition) is 1. The molecule has 0 bridgehead atoms. The van der Waals surface area contributed by atoms with Gasteiger partial charge in [0.1, 0.15) is 17.1 Å². The zero-order chi connectivity index (χ0) is 16.2. The molecule has 0 aliphatic heterocycles. The minimum atomic E-state index is -2.50. The number of ether oxygens (including phenoxy) is 1. The van der Waals surface area contributed by atoms with Gasteiger partial charge >= 0.3 is 0 Å². The summed E-state index contributed by atoms with van der Waals surface area (Å²) in [6.07, 6.45) is -2.50. The molecule has 0 spiro atoms. The van der Waals surface area contributed by atoms with E-state index in [0.29, 0.717) is 5.75 Å². The Hall–Kier alpha value is -0.850. The van der Waals surface area contributed by atoms with Crippen LogP contribution in [-0.4, -0.2) is 22.3 Å². The van der Waals surface area contributed by atoms with Crippen molar-refractivity contribution in [3.8, 4) is 5.75 Å². The van der Waals surface area contributed by atoms with Crippen molar-refractivity contribution in [3.63, 3.8) is 0 Å². The SMILES string of the molecule is Cc1ccc([C@@H](C)N[S@+]([O-])C(C)(C)C)cc1OCC(F)F. The molecule has 6 heteroatoms. The van der Waals surface area contributed by atoms with Crippen LogP contribution in [0, 0.1) is 6.92 Å². The second-order valence-corrected chi connectivity index (χ2v) is 7.95. The number of nitrogens with one attached hydrogen (secondary N) is 1. The number of rotatable bonds is 6. The zero-order valence-corrected chi connectivity index (χ0v) is 13.9. The monoisotopic (exact) mass is 319 g/mol. The summed E-state index contributed by atoms with van der Waals surface area (Å²) < 4.78 is 44.3. The van der Waals surface area contributed by atoms with Crippen molar-refractivity contribution in [2.24, 2.45) is 0 Å². The van der Waals surface area contributed by atoms with E-state index >= 15 is 0 Å². The first-order valence-corrected chi connectivity index (χ1v) is 7.95. The van der Waals surface area contributed by atoms with Gasteiger partial charge in [-0.05, 0) is 51.8 Å². The lowest BCUT2D eigenvalue weighted by molar-refractivity contribution is 0.0815. The smallest absolute Gasteiger partial charge is 0.272 e. The summed E-state index contributed by atoms with van der Waals surface area (Å²) in [7, 11) is 0. The van der Waals surface area contributed by atoms with Crippen LogP contribution in [0.3, 0.4) is 0 Å². The van der Waals surface area contributed by atoms with E-state index in [9.17, 15) is 13.3 Å². The average molecular weight is 319 g/mol. The Labute approximate surface area is 128 Å². The highest BCUT2D eigenvalue weighted by atomic mass is 32.2. The van der Waals surface area contributed by atoms with Crippen LogP contribution in [0.2, 0.25) is 0 Å². The van der Waals surface area contributed by atoms with Crippen LogP contribution in [0.25, 0.3) is 0 Å². The molecule has 0 aromatic heterocycles. The Morgan fingerprint density at radius 2 is 1.95 bits per heavy atom. The Kier molecular flexibility index (Phi) is 6.43. The maximum atomic E-state index is 12.2. The first-order valence-electron chi connectivity index (χ1n) is 6.81. The molecular weight excluding hydrogens is 296 g/mol. The minimum Gasteiger partial charge on any atom is -0.598 e. The topological polar surface area (TPSA) is 44.3 Å². The van der Waals surface area contributed by atoms with Gasteiger partial charge in [0.15, 0.2) is 0 Å². The normalized spacial score (nSPS) is 15.1. The molecular formula is C15H23F2NO2S. The molecule has 120 valence electrons. The maximum absolute atomic E-state index is 12.2. The van der Waals surface area contributed by atoms with E-state index in [0.717, 1.165) is 11.1 Å². The molecule has 2 atom stereocenters. The van der Waals surface area contributed by atoms with Crippen molar-refractivity contribution >= 4 is 11.4 Å². The van der Waals surface area contributed by atoms with Gasteiger partial charge in [0.05, 0.1) is 6.04 Å². The quantitative estimate of drug-likeness (QED) is 0.812. The van der Waals surface area contributed by atoms with Crippen LogP contribution < -0.4 is 9.46 Å².